The van der Waals surface area contributed by atoms with Crippen LogP contribution in [0.3, 0.4) is 0 Å². The summed E-state index contributed by atoms with van der Waals surface area (Å²) in [6.07, 6.45) is 0.334. The Morgan fingerprint density at radius 1 is 1.35 bits per heavy atom. The highest BCUT2D eigenvalue weighted by Gasteiger charge is 2.33. The van der Waals surface area contributed by atoms with Gasteiger partial charge in [0.05, 0.1) is 5.92 Å². The van der Waals surface area contributed by atoms with E-state index in [0.717, 1.165) is 18.7 Å². The van der Waals surface area contributed by atoms with E-state index in [9.17, 15) is 9.59 Å². The van der Waals surface area contributed by atoms with Gasteiger partial charge in [0.1, 0.15) is 0 Å². The molecule has 1 saturated heterocycles. The van der Waals surface area contributed by atoms with E-state index >= 15 is 0 Å². The zero-order chi connectivity index (χ0) is 16.8. The summed E-state index contributed by atoms with van der Waals surface area (Å²) in [6, 6.07) is 8.28. The number of amides is 2. The summed E-state index contributed by atoms with van der Waals surface area (Å²) in [4.78, 5) is 27.9. The third-order valence-corrected chi connectivity index (χ3v) is 4.42. The molecule has 1 aliphatic heterocycles. The molecule has 0 radical (unpaired) electrons. The summed E-state index contributed by atoms with van der Waals surface area (Å²) in [5, 5.41) is 2.97. The third-order valence-electron chi connectivity index (χ3n) is 4.42. The van der Waals surface area contributed by atoms with Crippen LogP contribution in [0, 0.1) is 5.92 Å². The quantitative estimate of drug-likeness (QED) is 0.831. The lowest BCUT2D eigenvalue weighted by Crippen LogP contribution is -2.32. The van der Waals surface area contributed by atoms with Gasteiger partial charge in [0, 0.05) is 32.6 Å². The maximum atomic E-state index is 12.2. The van der Waals surface area contributed by atoms with Crippen molar-refractivity contribution in [2.45, 2.75) is 33.4 Å². The molecule has 1 aromatic rings. The molecule has 2 amide bonds. The van der Waals surface area contributed by atoms with E-state index in [1.54, 1.807) is 4.90 Å². The number of benzene rings is 1. The predicted molar refractivity (Wildman–Crippen MR) is 90.7 cm³/mol. The molecule has 1 aliphatic rings. The Hall–Kier alpha value is -1.88. The maximum Gasteiger partial charge on any atom is 0.225 e. The van der Waals surface area contributed by atoms with Crippen LogP contribution in [-0.2, 0) is 22.7 Å². The summed E-state index contributed by atoms with van der Waals surface area (Å²) in [6.45, 7) is 7.71. The highest BCUT2D eigenvalue weighted by Crippen LogP contribution is 2.17. The first-order valence-electron chi connectivity index (χ1n) is 8.35. The number of nitrogens with one attached hydrogen (secondary N) is 1. The first-order chi connectivity index (χ1) is 11.0. The molecule has 1 aromatic carbocycles. The second kappa shape index (κ2) is 8.11. The van der Waals surface area contributed by atoms with Gasteiger partial charge in [0.25, 0.3) is 0 Å². The minimum Gasteiger partial charge on any atom is -0.352 e. The van der Waals surface area contributed by atoms with E-state index < -0.39 is 0 Å². The lowest BCUT2D eigenvalue weighted by molar-refractivity contribution is -0.128. The monoisotopic (exact) mass is 317 g/mol. The van der Waals surface area contributed by atoms with E-state index in [1.165, 1.54) is 5.56 Å². The van der Waals surface area contributed by atoms with Crippen LogP contribution in [0.4, 0.5) is 0 Å². The highest BCUT2D eigenvalue weighted by molar-refractivity contribution is 5.89. The zero-order valence-electron chi connectivity index (χ0n) is 14.3. The van der Waals surface area contributed by atoms with Gasteiger partial charge in [-0.3, -0.25) is 9.59 Å². The molecule has 0 spiro atoms. The molecular formula is C18H27N3O2. The molecule has 0 bridgehead atoms. The number of hydrogen-bond donors (Lipinski definition) is 1. The number of likely N-dealkylation sites (tertiary alicyclic amines) is 1. The van der Waals surface area contributed by atoms with Gasteiger partial charge in [0.15, 0.2) is 0 Å². The van der Waals surface area contributed by atoms with Crippen molar-refractivity contribution in [3.63, 3.8) is 0 Å². The number of nitrogens with zero attached hydrogens (tertiary/aromatic N) is 2. The second-order valence-electron chi connectivity index (χ2n) is 6.20. The van der Waals surface area contributed by atoms with Crippen LogP contribution in [0.5, 0.6) is 0 Å². The van der Waals surface area contributed by atoms with Crippen molar-refractivity contribution >= 4 is 11.8 Å². The van der Waals surface area contributed by atoms with Crippen molar-refractivity contribution in [2.75, 3.05) is 26.7 Å². The van der Waals surface area contributed by atoms with Crippen molar-refractivity contribution in [2.24, 2.45) is 5.92 Å². The fourth-order valence-corrected chi connectivity index (χ4v) is 2.85. The highest BCUT2D eigenvalue weighted by atomic mass is 16.2. The van der Waals surface area contributed by atoms with E-state index in [0.29, 0.717) is 26.1 Å². The number of rotatable bonds is 7. The molecule has 0 aliphatic carbocycles. The first-order valence-corrected chi connectivity index (χ1v) is 8.35. The first kappa shape index (κ1) is 17.5. The molecule has 1 N–H and O–H groups in total. The van der Waals surface area contributed by atoms with Crippen LogP contribution in [0.2, 0.25) is 0 Å². The predicted octanol–water partition coefficient (Wildman–Crippen LogP) is 1.62. The lowest BCUT2D eigenvalue weighted by atomic mass is 10.1. The van der Waals surface area contributed by atoms with Gasteiger partial charge in [0.2, 0.25) is 11.8 Å². The van der Waals surface area contributed by atoms with Crippen LogP contribution >= 0.6 is 0 Å². The second-order valence-corrected chi connectivity index (χ2v) is 6.20. The summed E-state index contributed by atoms with van der Waals surface area (Å²) in [5.74, 6) is -0.153. The Kier molecular flexibility index (Phi) is 6.16. The standard InChI is InChI=1S/C18H27N3O2/c1-4-20(3)12-15-8-6-7-14(9-15)11-19-18(23)16-10-17(22)21(5-2)13-16/h6-9,16H,4-5,10-13H2,1-3H3,(H,19,23). The molecule has 23 heavy (non-hydrogen) atoms. The topological polar surface area (TPSA) is 52.7 Å². The Morgan fingerprint density at radius 3 is 2.74 bits per heavy atom. The molecule has 126 valence electrons. The van der Waals surface area contributed by atoms with Crippen LogP contribution in [0.1, 0.15) is 31.4 Å². The van der Waals surface area contributed by atoms with Gasteiger partial charge in [-0.15, -0.1) is 0 Å². The van der Waals surface area contributed by atoms with Gasteiger partial charge >= 0.3 is 0 Å². The molecule has 0 aromatic heterocycles. The van der Waals surface area contributed by atoms with Gasteiger partial charge in [-0.25, -0.2) is 0 Å². The molecule has 1 atom stereocenters. The molecule has 1 fully saturated rings. The summed E-state index contributed by atoms with van der Waals surface area (Å²) in [7, 11) is 2.09. The van der Waals surface area contributed by atoms with Crippen molar-refractivity contribution in [3.8, 4) is 0 Å². The van der Waals surface area contributed by atoms with Gasteiger partial charge < -0.3 is 15.1 Å². The largest absolute Gasteiger partial charge is 0.352 e. The van der Waals surface area contributed by atoms with Gasteiger partial charge in [-0.2, -0.15) is 0 Å². The molecule has 1 unspecified atom stereocenters. The van der Waals surface area contributed by atoms with Gasteiger partial charge in [-0.1, -0.05) is 31.2 Å². The SMILES string of the molecule is CCN(C)Cc1cccc(CNC(=O)C2CC(=O)N(CC)C2)c1. The maximum absolute atomic E-state index is 12.2. The normalized spacial score (nSPS) is 17.8. The molecule has 1 heterocycles. The zero-order valence-corrected chi connectivity index (χ0v) is 14.3. The van der Waals surface area contributed by atoms with Gasteiger partial charge in [-0.05, 0) is 31.6 Å². The Morgan fingerprint density at radius 2 is 2.09 bits per heavy atom. The van der Waals surface area contributed by atoms with Crippen LogP contribution in [-0.4, -0.2) is 48.3 Å². The minimum absolute atomic E-state index is 0.0228. The summed E-state index contributed by atoms with van der Waals surface area (Å²) >= 11 is 0. The fraction of sp³-hybridized carbons (Fsp3) is 0.556. The smallest absolute Gasteiger partial charge is 0.225 e. The van der Waals surface area contributed by atoms with E-state index in [1.807, 2.05) is 19.1 Å². The number of hydrogen-bond acceptors (Lipinski definition) is 3. The van der Waals surface area contributed by atoms with Crippen molar-refractivity contribution in [1.29, 1.82) is 0 Å². The molecule has 2 rings (SSSR count). The number of carbonyl (C=O) groups is 2. The summed E-state index contributed by atoms with van der Waals surface area (Å²) < 4.78 is 0. The number of carbonyl (C=O) groups excluding carboxylic acids is 2. The molecule has 5 nitrogen and oxygen atoms in total. The average molecular weight is 317 g/mol. The van der Waals surface area contributed by atoms with Crippen molar-refractivity contribution in [1.82, 2.24) is 15.1 Å². The lowest BCUT2D eigenvalue weighted by Gasteiger charge is -2.15. The molecular weight excluding hydrogens is 290 g/mol. The van der Waals surface area contributed by atoms with Crippen LogP contribution in [0.15, 0.2) is 24.3 Å². The Bertz CT molecular complexity index is 559. The average Bonchev–Trinajstić information content (AvgIpc) is 2.94. The van der Waals surface area contributed by atoms with Crippen molar-refractivity contribution in [3.05, 3.63) is 35.4 Å². The minimum atomic E-state index is -0.211. The van der Waals surface area contributed by atoms with Crippen LogP contribution < -0.4 is 5.32 Å². The fourth-order valence-electron chi connectivity index (χ4n) is 2.85. The summed E-state index contributed by atoms with van der Waals surface area (Å²) in [5.41, 5.74) is 2.34. The van der Waals surface area contributed by atoms with E-state index in [2.05, 4.69) is 36.3 Å². The molecule has 0 saturated carbocycles. The van der Waals surface area contributed by atoms with Crippen LogP contribution in [0.25, 0.3) is 0 Å². The molecule has 5 heteroatoms. The Labute approximate surface area is 138 Å². The van der Waals surface area contributed by atoms with E-state index in [4.69, 9.17) is 0 Å². The third kappa shape index (κ3) is 4.79. The Balaban J connectivity index is 1.87. The van der Waals surface area contributed by atoms with E-state index in [-0.39, 0.29) is 17.7 Å². The van der Waals surface area contributed by atoms with Crippen molar-refractivity contribution < 1.29 is 9.59 Å².